The zero-order chi connectivity index (χ0) is 13.7. The maximum Gasteiger partial charge on any atom is 0.321 e. The summed E-state index contributed by atoms with van der Waals surface area (Å²) in [5.41, 5.74) is 0.244. The first-order chi connectivity index (χ1) is 8.43. The van der Waals surface area contributed by atoms with Gasteiger partial charge in [0.1, 0.15) is 6.04 Å². The SMILES string of the molecule is CNC(=O)NC(=O)C(C)Nc1ccc(F)c(F)c1. The molecular weight excluding hydrogens is 244 g/mol. The lowest BCUT2D eigenvalue weighted by Gasteiger charge is -2.14. The van der Waals surface area contributed by atoms with Gasteiger partial charge < -0.3 is 10.6 Å². The summed E-state index contributed by atoms with van der Waals surface area (Å²) in [6.07, 6.45) is 0. The molecule has 1 aromatic rings. The molecule has 0 fully saturated rings. The van der Waals surface area contributed by atoms with Crippen LogP contribution in [0.1, 0.15) is 6.92 Å². The van der Waals surface area contributed by atoms with Crippen LogP contribution < -0.4 is 16.0 Å². The fraction of sp³-hybridized carbons (Fsp3) is 0.273. The molecule has 1 unspecified atom stereocenters. The van der Waals surface area contributed by atoms with Crippen molar-refractivity contribution in [2.45, 2.75) is 13.0 Å². The van der Waals surface area contributed by atoms with E-state index in [1.54, 1.807) is 0 Å². The first kappa shape index (κ1) is 13.9. The van der Waals surface area contributed by atoms with E-state index in [4.69, 9.17) is 0 Å². The summed E-state index contributed by atoms with van der Waals surface area (Å²) in [4.78, 5) is 22.4. The van der Waals surface area contributed by atoms with Crippen LogP contribution in [-0.2, 0) is 4.79 Å². The molecule has 0 aliphatic rings. The number of imide groups is 1. The van der Waals surface area contributed by atoms with Crippen molar-refractivity contribution < 1.29 is 18.4 Å². The Hall–Kier alpha value is -2.18. The number of halogens is 2. The van der Waals surface area contributed by atoms with Crippen molar-refractivity contribution in [2.75, 3.05) is 12.4 Å². The number of amides is 3. The van der Waals surface area contributed by atoms with E-state index in [1.165, 1.54) is 20.0 Å². The second-order valence-corrected chi connectivity index (χ2v) is 3.56. The summed E-state index contributed by atoms with van der Waals surface area (Å²) in [7, 11) is 1.37. The van der Waals surface area contributed by atoms with Crippen LogP contribution in [0.2, 0.25) is 0 Å². The Morgan fingerprint density at radius 3 is 2.44 bits per heavy atom. The third-order valence-corrected chi connectivity index (χ3v) is 2.16. The number of carbonyl (C=O) groups is 2. The topological polar surface area (TPSA) is 70.2 Å². The number of urea groups is 1. The van der Waals surface area contributed by atoms with Gasteiger partial charge >= 0.3 is 6.03 Å². The zero-order valence-corrected chi connectivity index (χ0v) is 9.88. The minimum Gasteiger partial charge on any atom is -0.374 e. The molecule has 0 aliphatic carbocycles. The van der Waals surface area contributed by atoms with Gasteiger partial charge in [0.15, 0.2) is 11.6 Å². The Kier molecular flexibility index (Phi) is 4.59. The fourth-order valence-corrected chi connectivity index (χ4v) is 1.18. The lowest BCUT2D eigenvalue weighted by atomic mass is 10.2. The van der Waals surface area contributed by atoms with Gasteiger partial charge in [0, 0.05) is 18.8 Å². The summed E-state index contributed by atoms with van der Waals surface area (Å²) >= 11 is 0. The number of nitrogens with one attached hydrogen (secondary N) is 3. The van der Waals surface area contributed by atoms with Crippen LogP contribution in [0.3, 0.4) is 0 Å². The minimum absolute atomic E-state index is 0.244. The van der Waals surface area contributed by atoms with Gasteiger partial charge in [-0.1, -0.05) is 0 Å². The predicted molar refractivity (Wildman–Crippen MR) is 62.0 cm³/mol. The van der Waals surface area contributed by atoms with Gasteiger partial charge in [-0.05, 0) is 19.1 Å². The first-order valence-electron chi connectivity index (χ1n) is 5.18. The highest BCUT2D eigenvalue weighted by atomic mass is 19.2. The van der Waals surface area contributed by atoms with Crippen LogP contribution in [0.5, 0.6) is 0 Å². The Bertz CT molecular complexity index is 466. The largest absolute Gasteiger partial charge is 0.374 e. The van der Waals surface area contributed by atoms with Gasteiger partial charge in [-0.15, -0.1) is 0 Å². The molecular formula is C11H13F2N3O2. The quantitative estimate of drug-likeness (QED) is 0.762. The Morgan fingerprint density at radius 1 is 1.22 bits per heavy atom. The molecule has 0 bridgehead atoms. The van der Waals surface area contributed by atoms with Crippen molar-refractivity contribution in [1.82, 2.24) is 10.6 Å². The van der Waals surface area contributed by atoms with E-state index in [1.807, 2.05) is 0 Å². The molecule has 0 aromatic heterocycles. The van der Waals surface area contributed by atoms with E-state index in [2.05, 4.69) is 16.0 Å². The van der Waals surface area contributed by atoms with Crippen molar-refractivity contribution in [3.05, 3.63) is 29.8 Å². The van der Waals surface area contributed by atoms with E-state index in [0.29, 0.717) is 0 Å². The third-order valence-electron chi connectivity index (χ3n) is 2.16. The highest BCUT2D eigenvalue weighted by Gasteiger charge is 2.15. The third kappa shape index (κ3) is 3.69. The van der Waals surface area contributed by atoms with Crippen LogP contribution >= 0.6 is 0 Å². The second kappa shape index (κ2) is 5.95. The van der Waals surface area contributed by atoms with E-state index < -0.39 is 29.6 Å². The molecule has 18 heavy (non-hydrogen) atoms. The maximum absolute atomic E-state index is 12.9. The van der Waals surface area contributed by atoms with Gasteiger partial charge in [0.25, 0.3) is 0 Å². The summed E-state index contributed by atoms with van der Waals surface area (Å²) < 4.78 is 25.6. The number of benzene rings is 1. The minimum atomic E-state index is -1.01. The van der Waals surface area contributed by atoms with Gasteiger partial charge in [-0.25, -0.2) is 13.6 Å². The molecule has 1 rings (SSSR count). The molecule has 0 radical (unpaired) electrons. The molecule has 3 N–H and O–H groups in total. The Labute approximate surface area is 103 Å². The van der Waals surface area contributed by atoms with Crippen molar-refractivity contribution in [3.8, 4) is 0 Å². The first-order valence-corrected chi connectivity index (χ1v) is 5.18. The smallest absolute Gasteiger partial charge is 0.321 e. The standard InChI is InChI=1S/C11H13F2N3O2/c1-6(10(17)16-11(18)14-2)15-7-3-4-8(12)9(13)5-7/h3-6,15H,1-2H3,(H2,14,16,17,18). The van der Waals surface area contributed by atoms with Crippen LogP contribution in [0.25, 0.3) is 0 Å². The normalized spacial score (nSPS) is 11.6. The number of rotatable bonds is 3. The van der Waals surface area contributed by atoms with Gasteiger partial charge in [-0.3, -0.25) is 10.1 Å². The van der Waals surface area contributed by atoms with Crippen molar-refractivity contribution in [1.29, 1.82) is 0 Å². The number of carbonyl (C=O) groups excluding carboxylic acids is 2. The molecule has 0 saturated heterocycles. The van der Waals surface area contributed by atoms with Crippen LogP contribution in [-0.4, -0.2) is 25.0 Å². The molecule has 0 spiro atoms. The average Bonchev–Trinajstić information content (AvgIpc) is 2.33. The van der Waals surface area contributed by atoms with E-state index in [9.17, 15) is 18.4 Å². The maximum atomic E-state index is 12.9. The van der Waals surface area contributed by atoms with Crippen LogP contribution in [0, 0.1) is 11.6 Å². The highest BCUT2D eigenvalue weighted by Crippen LogP contribution is 2.13. The Morgan fingerprint density at radius 2 is 1.89 bits per heavy atom. The van der Waals surface area contributed by atoms with Crippen molar-refractivity contribution in [3.63, 3.8) is 0 Å². The van der Waals surface area contributed by atoms with E-state index in [-0.39, 0.29) is 5.69 Å². The second-order valence-electron chi connectivity index (χ2n) is 3.56. The molecule has 1 aromatic carbocycles. The fourth-order valence-electron chi connectivity index (χ4n) is 1.18. The van der Waals surface area contributed by atoms with Crippen molar-refractivity contribution >= 4 is 17.6 Å². The molecule has 0 heterocycles. The van der Waals surface area contributed by atoms with Crippen molar-refractivity contribution in [2.24, 2.45) is 0 Å². The molecule has 0 aliphatic heterocycles. The van der Waals surface area contributed by atoms with E-state index >= 15 is 0 Å². The molecule has 5 nitrogen and oxygen atoms in total. The van der Waals surface area contributed by atoms with Gasteiger partial charge in [-0.2, -0.15) is 0 Å². The summed E-state index contributed by atoms with van der Waals surface area (Å²) in [5, 5.41) is 6.92. The predicted octanol–water partition coefficient (Wildman–Crippen LogP) is 1.22. The van der Waals surface area contributed by atoms with Crippen LogP contribution in [0.15, 0.2) is 18.2 Å². The van der Waals surface area contributed by atoms with E-state index in [0.717, 1.165) is 12.1 Å². The zero-order valence-electron chi connectivity index (χ0n) is 9.88. The molecule has 0 saturated carbocycles. The molecule has 1 atom stereocenters. The summed E-state index contributed by atoms with van der Waals surface area (Å²) in [6, 6.07) is 1.76. The van der Waals surface area contributed by atoms with Crippen LogP contribution in [0.4, 0.5) is 19.3 Å². The van der Waals surface area contributed by atoms with Gasteiger partial charge in [0.2, 0.25) is 5.91 Å². The average molecular weight is 257 g/mol. The molecule has 3 amide bonds. The lowest BCUT2D eigenvalue weighted by Crippen LogP contribution is -2.44. The number of hydrogen-bond donors (Lipinski definition) is 3. The summed E-state index contributed by atoms with van der Waals surface area (Å²) in [5.74, 6) is -2.57. The molecule has 98 valence electrons. The lowest BCUT2D eigenvalue weighted by molar-refractivity contribution is -0.120. The number of hydrogen-bond acceptors (Lipinski definition) is 3. The van der Waals surface area contributed by atoms with Gasteiger partial charge in [0.05, 0.1) is 0 Å². The number of anilines is 1. The molecule has 7 heteroatoms. The monoisotopic (exact) mass is 257 g/mol. The highest BCUT2D eigenvalue weighted by molar-refractivity contribution is 5.97. The Balaban J connectivity index is 2.63. The summed E-state index contributed by atoms with van der Waals surface area (Å²) in [6.45, 7) is 1.49.